The Kier molecular flexibility index (Phi) is 6.89. The summed E-state index contributed by atoms with van der Waals surface area (Å²) in [6.07, 6.45) is 0.0552. The number of sulfonamides is 1. The zero-order valence-electron chi connectivity index (χ0n) is 16.6. The lowest BCUT2D eigenvalue weighted by atomic mass is 10.2. The Hall–Kier alpha value is -2.42. The molecule has 7 nitrogen and oxygen atoms in total. The Morgan fingerprint density at radius 1 is 1.10 bits per heavy atom. The fourth-order valence-electron chi connectivity index (χ4n) is 3.06. The van der Waals surface area contributed by atoms with Crippen LogP contribution in [-0.4, -0.2) is 51.0 Å². The van der Waals surface area contributed by atoms with E-state index >= 15 is 0 Å². The number of nitrogens with zero attached hydrogens (tertiary/aromatic N) is 1. The quantitative estimate of drug-likeness (QED) is 0.747. The zero-order valence-corrected chi connectivity index (χ0v) is 17.4. The van der Waals surface area contributed by atoms with E-state index in [0.29, 0.717) is 43.2 Å². The maximum atomic E-state index is 13.0. The minimum atomic E-state index is -3.64. The van der Waals surface area contributed by atoms with Crippen LogP contribution in [0.2, 0.25) is 0 Å². The molecule has 0 radical (unpaired) electrons. The summed E-state index contributed by atoms with van der Waals surface area (Å²) in [6, 6.07) is 13.6. The number of carbonyl (C=O) groups is 1. The average Bonchev–Trinajstić information content (AvgIpc) is 2.73. The van der Waals surface area contributed by atoms with Crippen molar-refractivity contribution in [3.63, 3.8) is 0 Å². The van der Waals surface area contributed by atoms with Gasteiger partial charge in [-0.25, -0.2) is 8.42 Å². The highest BCUT2D eigenvalue weighted by Crippen LogP contribution is 2.21. The van der Waals surface area contributed by atoms with E-state index in [1.165, 1.54) is 4.31 Å². The monoisotopic (exact) mass is 418 g/mol. The van der Waals surface area contributed by atoms with Crippen molar-refractivity contribution in [1.29, 1.82) is 0 Å². The van der Waals surface area contributed by atoms with Crippen LogP contribution in [0.25, 0.3) is 0 Å². The van der Waals surface area contributed by atoms with Gasteiger partial charge in [0, 0.05) is 25.2 Å². The molecule has 3 rings (SSSR count). The van der Waals surface area contributed by atoms with Crippen LogP contribution in [0.4, 0.5) is 0 Å². The highest BCUT2D eigenvalue weighted by molar-refractivity contribution is 7.89. The number of amides is 1. The van der Waals surface area contributed by atoms with Gasteiger partial charge < -0.3 is 14.8 Å². The SMILES string of the molecule is CC(C)Oc1ccc(C(=O)NCc2ccccc2S(=O)(=O)N2CCOCC2)cc1. The summed E-state index contributed by atoms with van der Waals surface area (Å²) in [5.74, 6) is 0.415. The van der Waals surface area contributed by atoms with Gasteiger partial charge >= 0.3 is 0 Å². The first-order valence-electron chi connectivity index (χ1n) is 9.58. The van der Waals surface area contributed by atoms with Crippen LogP contribution in [0, 0.1) is 0 Å². The standard InChI is InChI=1S/C21H26N2O5S/c1-16(2)28-19-9-7-17(8-10-19)21(24)22-15-18-5-3-4-6-20(18)29(25,26)23-11-13-27-14-12-23/h3-10,16H,11-15H2,1-2H3,(H,22,24). The van der Waals surface area contributed by atoms with E-state index in [0.717, 1.165) is 0 Å². The Bertz CT molecular complexity index is 936. The van der Waals surface area contributed by atoms with Gasteiger partial charge in [-0.3, -0.25) is 4.79 Å². The summed E-state index contributed by atoms with van der Waals surface area (Å²) in [4.78, 5) is 12.7. The molecule has 29 heavy (non-hydrogen) atoms. The molecule has 1 aliphatic rings. The highest BCUT2D eigenvalue weighted by Gasteiger charge is 2.28. The van der Waals surface area contributed by atoms with Crippen LogP contribution >= 0.6 is 0 Å². The first-order chi connectivity index (χ1) is 13.9. The molecule has 1 fully saturated rings. The second-order valence-corrected chi connectivity index (χ2v) is 8.90. The Morgan fingerprint density at radius 2 is 1.76 bits per heavy atom. The van der Waals surface area contributed by atoms with Gasteiger partial charge in [-0.1, -0.05) is 18.2 Å². The van der Waals surface area contributed by atoms with E-state index in [4.69, 9.17) is 9.47 Å². The summed E-state index contributed by atoms with van der Waals surface area (Å²) in [6.45, 7) is 5.40. The largest absolute Gasteiger partial charge is 0.491 e. The van der Waals surface area contributed by atoms with E-state index in [1.54, 1.807) is 48.5 Å². The summed E-state index contributed by atoms with van der Waals surface area (Å²) in [5, 5.41) is 2.80. The van der Waals surface area contributed by atoms with Crippen molar-refractivity contribution in [2.24, 2.45) is 0 Å². The molecule has 1 aliphatic heterocycles. The molecule has 1 amide bonds. The third kappa shape index (κ3) is 5.35. The molecule has 2 aromatic carbocycles. The van der Waals surface area contributed by atoms with Gasteiger partial charge in [0.25, 0.3) is 5.91 Å². The van der Waals surface area contributed by atoms with Crippen LogP contribution in [0.15, 0.2) is 53.4 Å². The number of nitrogens with one attached hydrogen (secondary N) is 1. The lowest BCUT2D eigenvalue weighted by Crippen LogP contribution is -2.41. The van der Waals surface area contributed by atoms with Crippen LogP contribution in [0.3, 0.4) is 0 Å². The number of carbonyl (C=O) groups excluding carboxylic acids is 1. The summed E-state index contributed by atoms with van der Waals surface area (Å²) in [5.41, 5.74) is 1.03. The minimum Gasteiger partial charge on any atom is -0.491 e. The topological polar surface area (TPSA) is 84.9 Å². The first-order valence-corrected chi connectivity index (χ1v) is 11.0. The zero-order chi connectivity index (χ0) is 20.9. The van der Waals surface area contributed by atoms with Crippen molar-refractivity contribution in [2.75, 3.05) is 26.3 Å². The molecule has 0 atom stereocenters. The molecule has 0 saturated carbocycles. The van der Waals surface area contributed by atoms with Crippen LogP contribution in [-0.2, 0) is 21.3 Å². The number of hydrogen-bond acceptors (Lipinski definition) is 5. The van der Waals surface area contributed by atoms with Gasteiger partial charge in [0.05, 0.1) is 24.2 Å². The van der Waals surface area contributed by atoms with E-state index in [2.05, 4.69) is 5.32 Å². The van der Waals surface area contributed by atoms with Gasteiger partial charge in [-0.05, 0) is 49.7 Å². The van der Waals surface area contributed by atoms with Crippen LogP contribution in [0.1, 0.15) is 29.8 Å². The van der Waals surface area contributed by atoms with Crippen molar-refractivity contribution in [3.8, 4) is 5.75 Å². The molecule has 1 heterocycles. The van der Waals surface area contributed by atoms with Gasteiger partial charge in [-0.15, -0.1) is 0 Å². The fourth-order valence-corrected chi connectivity index (χ4v) is 4.69. The van der Waals surface area contributed by atoms with Gasteiger partial charge in [-0.2, -0.15) is 4.31 Å². The van der Waals surface area contributed by atoms with Crippen LogP contribution in [0.5, 0.6) is 5.75 Å². The predicted octanol–water partition coefficient (Wildman–Crippen LogP) is 2.42. The molecule has 1 N–H and O–H groups in total. The van der Waals surface area contributed by atoms with E-state index in [-0.39, 0.29) is 23.5 Å². The number of hydrogen-bond donors (Lipinski definition) is 1. The number of morpholine rings is 1. The van der Waals surface area contributed by atoms with Crippen molar-refractivity contribution in [2.45, 2.75) is 31.4 Å². The Morgan fingerprint density at radius 3 is 2.41 bits per heavy atom. The predicted molar refractivity (Wildman–Crippen MR) is 109 cm³/mol. The molecule has 0 unspecified atom stereocenters. The average molecular weight is 419 g/mol. The van der Waals surface area contributed by atoms with Crippen molar-refractivity contribution >= 4 is 15.9 Å². The van der Waals surface area contributed by atoms with Crippen molar-refractivity contribution in [1.82, 2.24) is 9.62 Å². The van der Waals surface area contributed by atoms with Crippen molar-refractivity contribution < 1.29 is 22.7 Å². The van der Waals surface area contributed by atoms with Gasteiger partial charge in [0.1, 0.15) is 5.75 Å². The molecule has 8 heteroatoms. The Labute approximate surface area is 171 Å². The lowest BCUT2D eigenvalue weighted by molar-refractivity contribution is 0.0730. The molecule has 0 aliphatic carbocycles. The van der Waals surface area contributed by atoms with E-state index in [1.807, 2.05) is 13.8 Å². The Balaban J connectivity index is 1.70. The second-order valence-electron chi connectivity index (χ2n) is 7.00. The normalized spacial score (nSPS) is 15.3. The van der Waals surface area contributed by atoms with Crippen LogP contribution < -0.4 is 10.1 Å². The fraction of sp³-hybridized carbons (Fsp3) is 0.381. The molecule has 0 aromatic heterocycles. The molecule has 0 spiro atoms. The summed E-state index contributed by atoms with van der Waals surface area (Å²) >= 11 is 0. The second kappa shape index (κ2) is 9.39. The smallest absolute Gasteiger partial charge is 0.251 e. The molecular formula is C21H26N2O5S. The summed E-state index contributed by atoms with van der Waals surface area (Å²) in [7, 11) is -3.64. The number of ether oxygens (including phenoxy) is 2. The molecule has 1 saturated heterocycles. The third-order valence-electron chi connectivity index (χ3n) is 4.49. The molecule has 0 bridgehead atoms. The molecule has 156 valence electrons. The van der Waals surface area contributed by atoms with Gasteiger partial charge in [0.2, 0.25) is 10.0 Å². The van der Waals surface area contributed by atoms with E-state index < -0.39 is 10.0 Å². The number of benzene rings is 2. The van der Waals surface area contributed by atoms with E-state index in [9.17, 15) is 13.2 Å². The number of rotatable bonds is 7. The van der Waals surface area contributed by atoms with Gasteiger partial charge in [0.15, 0.2) is 0 Å². The minimum absolute atomic E-state index is 0.0552. The maximum Gasteiger partial charge on any atom is 0.251 e. The molecular weight excluding hydrogens is 392 g/mol. The first kappa shape index (κ1) is 21.3. The molecule has 2 aromatic rings. The highest BCUT2D eigenvalue weighted by atomic mass is 32.2. The third-order valence-corrected chi connectivity index (χ3v) is 6.49. The van der Waals surface area contributed by atoms with Crippen molar-refractivity contribution in [3.05, 3.63) is 59.7 Å². The summed E-state index contributed by atoms with van der Waals surface area (Å²) < 4.78 is 38.2. The maximum absolute atomic E-state index is 13.0. The lowest BCUT2D eigenvalue weighted by Gasteiger charge is -2.27.